The number of nitrogens with one attached hydrogen (secondary N) is 2. The van der Waals surface area contributed by atoms with Gasteiger partial charge in [0.15, 0.2) is 0 Å². The van der Waals surface area contributed by atoms with Crippen LogP contribution in [-0.2, 0) is 11.3 Å². The van der Waals surface area contributed by atoms with Gasteiger partial charge in [0.2, 0.25) is 5.91 Å². The lowest BCUT2D eigenvalue weighted by atomic mass is 9.85. The standard InChI is InChI=1S/C15H18N2O/c1-10-13(9-16-15(18)11-5-4-6-11)12-7-2-3-8-14(12)17-10/h2-3,7-8,11,17H,4-6,9H2,1H3,(H,16,18). The average Bonchev–Trinajstić information content (AvgIpc) is 2.60. The number of rotatable bonds is 3. The van der Waals surface area contributed by atoms with E-state index in [1.54, 1.807) is 0 Å². The maximum atomic E-state index is 11.8. The van der Waals surface area contributed by atoms with Gasteiger partial charge in [-0.3, -0.25) is 4.79 Å². The molecule has 94 valence electrons. The van der Waals surface area contributed by atoms with Gasteiger partial charge in [-0.25, -0.2) is 0 Å². The number of aryl methyl sites for hydroxylation is 1. The summed E-state index contributed by atoms with van der Waals surface area (Å²) in [5.41, 5.74) is 3.49. The number of H-pyrrole nitrogens is 1. The van der Waals surface area contributed by atoms with E-state index in [1.807, 2.05) is 12.1 Å². The van der Waals surface area contributed by atoms with E-state index in [1.165, 1.54) is 17.4 Å². The fourth-order valence-electron chi connectivity index (χ4n) is 2.55. The van der Waals surface area contributed by atoms with Crippen LogP contribution in [0, 0.1) is 12.8 Å². The minimum Gasteiger partial charge on any atom is -0.358 e. The number of hydrogen-bond acceptors (Lipinski definition) is 1. The van der Waals surface area contributed by atoms with Gasteiger partial charge in [-0.05, 0) is 31.4 Å². The number of hydrogen-bond donors (Lipinski definition) is 2. The molecule has 1 amide bonds. The zero-order valence-corrected chi connectivity index (χ0v) is 10.6. The summed E-state index contributed by atoms with van der Waals surface area (Å²) in [7, 11) is 0. The van der Waals surface area contributed by atoms with Gasteiger partial charge in [0.1, 0.15) is 0 Å². The number of aromatic amines is 1. The van der Waals surface area contributed by atoms with Crippen LogP contribution in [0.1, 0.15) is 30.5 Å². The summed E-state index contributed by atoms with van der Waals surface area (Å²) in [6, 6.07) is 8.23. The van der Waals surface area contributed by atoms with E-state index in [-0.39, 0.29) is 11.8 Å². The number of amides is 1. The van der Waals surface area contributed by atoms with Crippen LogP contribution in [0.3, 0.4) is 0 Å². The molecule has 1 aliphatic carbocycles. The van der Waals surface area contributed by atoms with Crippen molar-refractivity contribution in [1.82, 2.24) is 10.3 Å². The van der Waals surface area contributed by atoms with E-state index in [9.17, 15) is 4.79 Å². The molecule has 1 aromatic carbocycles. The van der Waals surface area contributed by atoms with Gasteiger partial charge in [0.05, 0.1) is 0 Å². The molecule has 1 aliphatic rings. The predicted molar refractivity (Wildman–Crippen MR) is 72.2 cm³/mol. The second-order valence-corrected chi connectivity index (χ2v) is 5.12. The van der Waals surface area contributed by atoms with Crippen LogP contribution in [0.25, 0.3) is 10.9 Å². The van der Waals surface area contributed by atoms with Gasteiger partial charge in [-0.1, -0.05) is 24.6 Å². The molecule has 0 atom stereocenters. The third kappa shape index (κ3) is 1.90. The summed E-state index contributed by atoms with van der Waals surface area (Å²) in [5.74, 6) is 0.474. The Kier molecular flexibility index (Phi) is 2.82. The number of carbonyl (C=O) groups is 1. The molecule has 2 aromatic rings. The first-order valence-electron chi connectivity index (χ1n) is 6.59. The Morgan fingerprint density at radius 2 is 2.17 bits per heavy atom. The summed E-state index contributed by atoms with van der Waals surface area (Å²) in [5, 5.41) is 4.27. The second kappa shape index (κ2) is 4.48. The fourth-order valence-corrected chi connectivity index (χ4v) is 2.55. The molecule has 3 nitrogen and oxygen atoms in total. The molecule has 1 saturated carbocycles. The van der Waals surface area contributed by atoms with Gasteiger partial charge >= 0.3 is 0 Å². The molecule has 3 heteroatoms. The van der Waals surface area contributed by atoms with Gasteiger partial charge in [0.25, 0.3) is 0 Å². The van der Waals surface area contributed by atoms with Crippen molar-refractivity contribution in [3.05, 3.63) is 35.5 Å². The number of aromatic nitrogens is 1. The lowest BCUT2D eigenvalue weighted by molar-refractivity contribution is -0.127. The molecule has 1 fully saturated rings. The first kappa shape index (κ1) is 11.3. The first-order chi connectivity index (χ1) is 8.75. The lowest BCUT2D eigenvalue weighted by Crippen LogP contribution is -2.34. The van der Waals surface area contributed by atoms with Gasteiger partial charge in [0, 0.05) is 29.1 Å². The van der Waals surface area contributed by atoms with Gasteiger partial charge in [-0.2, -0.15) is 0 Å². The molecule has 0 unspecified atom stereocenters. The number of benzene rings is 1. The summed E-state index contributed by atoms with van der Waals surface area (Å²) in [4.78, 5) is 15.2. The van der Waals surface area contributed by atoms with Crippen molar-refractivity contribution in [3.8, 4) is 0 Å². The highest BCUT2D eigenvalue weighted by Crippen LogP contribution is 2.27. The molecule has 3 rings (SSSR count). The molecular formula is C15H18N2O. The Labute approximate surface area is 107 Å². The summed E-state index contributed by atoms with van der Waals surface area (Å²) in [6.45, 7) is 2.69. The van der Waals surface area contributed by atoms with Gasteiger partial charge in [-0.15, -0.1) is 0 Å². The molecule has 2 N–H and O–H groups in total. The molecule has 0 radical (unpaired) electrons. The van der Waals surface area contributed by atoms with E-state index in [2.05, 4.69) is 29.4 Å². The minimum atomic E-state index is 0.214. The van der Waals surface area contributed by atoms with E-state index in [4.69, 9.17) is 0 Å². The van der Waals surface area contributed by atoms with E-state index < -0.39 is 0 Å². The van der Waals surface area contributed by atoms with E-state index in [0.717, 1.165) is 24.1 Å². The number of para-hydroxylation sites is 1. The van der Waals surface area contributed by atoms with Crippen molar-refractivity contribution in [3.63, 3.8) is 0 Å². The monoisotopic (exact) mass is 242 g/mol. The molecule has 0 spiro atoms. The smallest absolute Gasteiger partial charge is 0.223 e. The Morgan fingerprint density at radius 3 is 2.89 bits per heavy atom. The molecule has 0 saturated heterocycles. The molecule has 1 heterocycles. The topological polar surface area (TPSA) is 44.9 Å². The average molecular weight is 242 g/mol. The Hall–Kier alpha value is -1.77. The van der Waals surface area contributed by atoms with Crippen LogP contribution in [0.5, 0.6) is 0 Å². The van der Waals surface area contributed by atoms with Crippen molar-refractivity contribution in [2.75, 3.05) is 0 Å². The molecule has 0 bridgehead atoms. The summed E-state index contributed by atoms with van der Waals surface area (Å²) in [6.07, 6.45) is 3.31. The fraction of sp³-hybridized carbons (Fsp3) is 0.400. The number of fused-ring (bicyclic) bond motifs is 1. The van der Waals surface area contributed by atoms with E-state index >= 15 is 0 Å². The second-order valence-electron chi connectivity index (χ2n) is 5.12. The molecule has 0 aliphatic heterocycles. The maximum absolute atomic E-state index is 11.8. The van der Waals surface area contributed by atoms with E-state index in [0.29, 0.717) is 6.54 Å². The third-order valence-electron chi connectivity index (χ3n) is 3.94. The van der Waals surface area contributed by atoms with Crippen molar-refractivity contribution >= 4 is 16.8 Å². The first-order valence-corrected chi connectivity index (χ1v) is 6.59. The van der Waals surface area contributed by atoms with Crippen molar-refractivity contribution in [2.45, 2.75) is 32.7 Å². The highest BCUT2D eigenvalue weighted by Gasteiger charge is 2.25. The molecule has 1 aromatic heterocycles. The quantitative estimate of drug-likeness (QED) is 0.854. The number of carbonyl (C=O) groups excluding carboxylic acids is 1. The normalized spacial score (nSPS) is 15.6. The largest absolute Gasteiger partial charge is 0.358 e. The van der Waals surface area contributed by atoms with Crippen molar-refractivity contribution in [2.24, 2.45) is 5.92 Å². The summed E-state index contributed by atoms with van der Waals surface area (Å²) >= 11 is 0. The maximum Gasteiger partial charge on any atom is 0.223 e. The predicted octanol–water partition coefficient (Wildman–Crippen LogP) is 2.89. The van der Waals surface area contributed by atoms with Crippen LogP contribution < -0.4 is 5.32 Å². The van der Waals surface area contributed by atoms with Crippen LogP contribution in [0.15, 0.2) is 24.3 Å². The van der Waals surface area contributed by atoms with Crippen LogP contribution in [0.2, 0.25) is 0 Å². The third-order valence-corrected chi connectivity index (χ3v) is 3.94. The highest BCUT2D eigenvalue weighted by molar-refractivity contribution is 5.85. The van der Waals surface area contributed by atoms with Gasteiger partial charge < -0.3 is 10.3 Å². The SMILES string of the molecule is Cc1[nH]c2ccccc2c1CNC(=O)C1CCC1. The highest BCUT2D eigenvalue weighted by atomic mass is 16.1. The Balaban J connectivity index is 1.77. The van der Waals surface area contributed by atoms with Crippen LogP contribution in [0.4, 0.5) is 0 Å². The molecule has 18 heavy (non-hydrogen) atoms. The van der Waals surface area contributed by atoms with Crippen LogP contribution >= 0.6 is 0 Å². The van der Waals surface area contributed by atoms with Crippen molar-refractivity contribution < 1.29 is 4.79 Å². The Bertz CT molecular complexity index is 581. The summed E-state index contributed by atoms with van der Waals surface area (Å²) < 4.78 is 0. The minimum absolute atomic E-state index is 0.214. The van der Waals surface area contributed by atoms with Crippen LogP contribution in [-0.4, -0.2) is 10.9 Å². The lowest BCUT2D eigenvalue weighted by Gasteiger charge is -2.24. The zero-order chi connectivity index (χ0) is 12.5. The Morgan fingerprint density at radius 1 is 1.39 bits per heavy atom. The molecular weight excluding hydrogens is 224 g/mol. The van der Waals surface area contributed by atoms with Crippen molar-refractivity contribution in [1.29, 1.82) is 0 Å². The zero-order valence-electron chi connectivity index (χ0n) is 10.6.